The summed E-state index contributed by atoms with van der Waals surface area (Å²) in [6.07, 6.45) is 0.780. The Morgan fingerprint density at radius 1 is 1.36 bits per heavy atom. The zero-order chi connectivity index (χ0) is 10.6. The molecule has 14 heavy (non-hydrogen) atoms. The van der Waals surface area contributed by atoms with Crippen LogP contribution >= 0.6 is 0 Å². The van der Waals surface area contributed by atoms with E-state index in [2.05, 4.69) is 0 Å². The Morgan fingerprint density at radius 3 is 2.57 bits per heavy atom. The summed E-state index contributed by atoms with van der Waals surface area (Å²) >= 11 is 0. The van der Waals surface area contributed by atoms with Gasteiger partial charge in [0.1, 0.15) is 13.0 Å². The van der Waals surface area contributed by atoms with Gasteiger partial charge in [-0.25, -0.2) is 4.39 Å². The Balaban J connectivity index is 3.10. The van der Waals surface area contributed by atoms with Crippen molar-refractivity contribution in [3.8, 4) is 5.75 Å². The van der Waals surface area contributed by atoms with E-state index in [1.807, 2.05) is 34.3 Å². The van der Waals surface area contributed by atoms with E-state index in [4.69, 9.17) is 4.74 Å². The fourth-order valence-electron chi connectivity index (χ4n) is 1.46. The molecule has 0 saturated heterocycles. The van der Waals surface area contributed by atoms with Crippen LogP contribution in [-0.4, -0.2) is 21.7 Å². The van der Waals surface area contributed by atoms with Crippen LogP contribution in [0.4, 0.5) is 4.39 Å². The second-order valence-corrected chi connectivity index (χ2v) is 3.10. The Labute approximate surface area is 86.1 Å². The zero-order valence-electron chi connectivity index (χ0n) is 8.80. The van der Waals surface area contributed by atoms with E-state index >= 15 is 0 Å². The van der Waals surface area contributed by atoms with Crippen LogP contribution in [0.2, 0.25) is 13.6 Å². The maximum Gasteiger partial charge on any atom is 0.164 e. The van der Waals surface area contributed by atoms with Crippen molar-refractivity contribution in [3.05, 3.63) is 23.5 Å². The number of methoxy groups -OCH3 is 1. The molecule has 0 atom stereocenters. The fraction of sp³-hybridized carbons (Fsp3) is 0.400. The molecule has 0 spiro atoms. The van der Waals surface area contributed by atoms with Crippen molar-refractivity contribution in [2.24, 2.45) is 0 Å². The van der Waals surface area contributed by atoms with E-state index in [1.165, 1.54) is 13.2 Å². The minimum atomic E-state index is -0.292. The lowest BCUT2D eigenvalue weighted by atomic mass is 9.69. The predicted molar refractivity (Wildman–Crippen MR) is 59.5 cm³/mol. The van der Waals surface area contributed by atoms with Crippen LogP contribution in [0.15, 0.2) is 12.1 Å². The standard InChI is InChI=1S/C10H13B2FO/c1-11-6-7-4-8(12-2)10(14-3)9(13)5-7/h4-5H,6H2,1-3H3. The smallest absolute Gasteiger partial charge is 0.164 e. The molecule has 0 heterocycles. The second kappa shape index (κ2) is 5.08. The van der Waals surface area contributed by atoms with E-state index in [9.17, 15) is 4.39 Å². The van der Waals surface area contributed by atoms with E-state index < -0.39 is 0 Å². The van der Waals surface area contributed by atoms with Crippen LogP contribution in [-0.2, 0) is 6.32 Å². The summed E-state index contributed by atoms with van der Waals surface area (Å²) in [6, 6.07) is 3.47. The maximum absolute atomic E-state index is 13.5. The molecular weight excluding hydrogens is 177 g/mol. The van der Waals surface area contributed by atoms with Gasteiger partial charge in [-0.2, -0.15) is 0 Å². The molecule has 4 heteroatoms. The summed E-state index contributed by atoms with van der Waals surface area (Å²) < 4.78 is 18.4. The maximum atomic E-state index is 13.5. The summed E-state index contributed by atoms with van der Waals surface area (Å²) in [5.41, 5.74) is 1.78. The van der Waals surface area contributed by atoms with E-state index in [0.717, 1.165) is 17.3 Å². The Kier molecular flexibility index (Phi) is 4.05. The van der Waals surface area contributed by atoms with Gasteiger partial charge in [-0.15, -0.1) is 0 Å². The molecule has 0 N–H and O–H groups in total. The lowest BCUT2D eigenvalue weighted by molar-refractivity contribution is 0.390. The largest absolute Gasteiger partial charge is 0.494 e. The quantitative estimate of drug-likeness (QED) is 0.652. The van der Waals surface area contributed by atoms with Crippen LogP contribution in [0, 0.1) is 5.82 Å². The first-order chi connectivity index (χ1) is 6.72. The van der Waals surface area contributed by atoms with Crippen molar-refractivity contribution in [1.82, 2.24) is 0 Å². The summed E-state index contributed by atoms with van der Waals surface area (Å²) in [5.74, 6) is 0.0345. The van der Waals surface area contributed by atoms with Gasteiger partial charge in [-0.1, -0.05) is 31.6 Å². The van der Waals surface area contributed by atoms with Crippen LogP contribution in [0.5, 0.6) is 5.75 Å². The molecule has 0 saturated carbocycles. The monoisotopic (exact) mass is 190 g/mol. The van der Waals surface area contributed by atoms with Crippen LogP contribution in [0.3, 0.4) is 0 Å². The molecular formula is C10H13B2FO. The first kappa shape index (κ1) is 11.2. The van der Waals surface area contributed by atoms with Gasteiger partial charge < -0.3 is 4.74 Å². The summed E-state index contributed by atoms with van der Waals surface area (Å²) in [6.45, 7) is 3.83. The molecule has 0 bridgehead atoms. The van der Waals surface area contributed by atoms with Gasteiger partial charge in [-0.3, -0.25) is 0 Å². The van der Waals surface area contributed by atoms with Gasteiger partial charge in [-0.05, 0) is 11.5 Å². The van der Waals surface area contributed by atoms with Crippen LogP contribution < -0.4 is 10.2 Å². The molecule has 2 radical (unpaired) electrons. The molecule has 1 nitrogen and oxygen atoms in total. The van der Waals surface area contributed by atoms with Crippen molar-refractivity contribution in [2.75, 3.05) is 7.11 Å². The fourth-order valence-corrected chi connectivity index (χ4v) is 1.46. The minimum absolute atomic E-state index is 0.292. The first-order valence-electron chi connectivity index (χ1n) is 4.66. The second-order valence-electron chi connectivity index (χ2n) is 3.10. The van der Waals surface area contributed by atoms with Gasteiger partial charge >= 0.3 is 0 Å². The number of halogens is 1. The van der Waals surface area contributed by atoms with Crippen molar-refractivity contribution in [1.29, 1.82) is 0 Å². The van der Waals surface area contributed by atoms with Crippen molar-refractivity contribution >= 4 is 20.0 Å². The molecule has 1 aromatic rings. The Bertz CT molecular complexity index is 315. The van der Waals surface area contributed by atoms with Crippen molar-refractivity contribution in [3.63, 3.8) is 0 Å². The normalized spacial score (nSPS) is 9.71. The van der Waals surface area contributed by atoms with Gasteiger partial charge in [0.05, 0.1) is 7.11 Å². The highest BCUT2D eigenvalue weighted by molar-refractivity contribution is 6.53. The molecule has 72 valence electrons. The molecule has 0 aliphatic heterocycles. The van der Waals surface area contributed by atoms with E-state index in [0.29, 0.717) is 5.75 Å². The van der Waals surface area contributed by atoms with Gasteiger partial charge in [0, 0.05) is 0 Å². The van der Waals surface area contributed by atoms with Crippen molar-refractivity contribution in [2.45, 2.75) is 20.0 Å². The molecule has 0 aliphatic rings. The number of ether oxygens (including phenoxy) is 1. The molecule has 0 amide bonds. The number of rotatable bonds is 4. The molecule has 0 unspecified atom stereocenters. The Morgan fingerprint density at radius 2 is 2.07 bits per heavy atom. The lowest BCUT2D eigenvalue weighted by Crippen LogP contribution is -2.17. The molecule has 0 aliphatic carbocycles. The average molecular weight is 190 g/mol. The van der Waals surface area contributed by atoms with Crippen LogP contribution in [0.1, 0.15) is 5.56 Å². The molecule has 1 aromatic carbocycles. The summed E-state index contributed by atoms with van der Waals surface area (Å²) in [7, 11) is 5.33. The lowest BCUT2D eigenvalue weighted by Gasteiger charge is -2.10. The third-order valence-electron chi connectivity index (χ3n) is 2.09. The zero-order valence-corrected chi connectivity index (χ0v) is 8.80. The van der Waals surface area contributed by atoms with Gasteiger partial charge in [0.15, 0.2) is 13.1 Å². The highest BCUT2D eigenvalue weighted by Gasteiger charge is 2.09. The number of hydrogen-bond acceptors (Lipinski definition) is 1. The third kappa shape index (κ3) is 2.31. The van der Waals surface area contributed by atoms with E-state index in [-0.39, 0.29) is 5.82 Å². The SMILES string of the molecule is C[B]Cc1cc(F)c(OC)c([B]C)c1. The summed E-state index contributed by atoms with van der Waals surface area (Å²) in [4.78, 5) is 0. The number of hydrogen-bond donors (Lipinski definition) is 0. The molecule has 0 aromatic heterocycles. The predicted octanol–water partition coefficient (Wildman–Crippen LogP) is 1.46. The van der Waals surface area contributed by atoms with Crippen molar-refractivity contribution < 1.29 is 9.13 Å². The molecule has 0 fully saturated rings. The minimum Gasteiger partial charge on any atom is -0.494 e. The third-order valence-corrected chi connectivity index (χ3v) is 2.09. The van der Waals surface area contributed by atoms with E-state index in [1.54, 1.807) is 0 Å². The summed E-state index contributed by atoms with van der Waals surface area (Å²) in [5, 5.41) is 0. The topological polar surface area (TPSA) is 9.23 Å². The highest BCUT2D eigenvalue weighted by atomic mass is 19.1. The first-order valence-corrected chi connectivity index (χ1v) is 4.66. The molecule has 1 rings (SSSR count). The highest BCUT2D eigenvalue weighted by Crippen LogP contribution is 2.15. The van der Waals surface area contributed by atoms with Gasteiger partial charge in [0.2, 0.25) is 0 Å². The number of benzene rings is 1. The van der Waals surface area contributed by atoms with Gasteiger partial charge in [0.25, 0.3) is 0 Å². The Hall–Kier alpha value is -0.920. The van der Waals surface area contributed by atoms with Crippen LogP contribution in [0.25, 0.3) is 0 Å². The average Bonchev–Trinajstić information content (AvgIpc) is 2.17.